The molecule has 0 saturated carbocycles. The monoisotopic (exact) mass is 273 g/mol. The molecule has 0 amide bonds. The van der Waals surface area contributed by atoms with Crippen molar-refractivity contribution in [2.75, 3.05) is 26.7 Å². The Morgan fingerprint density at radius 2 is 1.87 bits per heavy atom. The van der Waals surface area contributed by atoms with Gasteiger partial charge in [-0.25, -0.2) is 0 Å². The van der Waals surface area contributed by atoms with Crippen LogP contribution < -0.4 is 0 Å². The van der Waals surface area contributed by atoms with E-state index in [1.165, 1.54) is 0 Å². The minimum absolute atomic E-state index is 0.235. The SMILES string of the molecule is CN1CCC2(CC1)COC(C(Cl)(Cl)Cl)O2. The van der Waals surface area contributed by atoms with Gasteiger partial charge in [0, 0.05) is 13.1 Å². The average molecular weight is 275 g/mol. The van der Waals surface area contributed by atoms with E-state index in [9.17, 15) is 0 Å². The van der Waals surface area contributed by atoms with Gasteiger partial charge in [-0.1, -0.05) is 34.8 Å². The number of hydrogen-bond acceptors (Lipinski definition) is 3. The quantitative estimate of drug-likeness (QED) is 0.632. The second kappa shape index (κ2) is 4.21. The molecule has 6 heteroatoms. The summed E-state index contributed by atoms with van der Waals surface area (Å²) in [4.78, 5) is 2.26. The number of alkyl halides is 3. The second-order valence-corrected chi connectivity index (χ2v) is 6.66. The Balaban J connectivity index is 1.97. The van der Waals surface area contributed by atoms with E-state index in [1.54, 1.807) is 0 Å². The zero-order chi connectivity index (χ0) is 11.1. The molecule has 2 saturated heterocycles. The third-order valence-corrected chi connectivity index (χ3v) is 3.55. The number of piperidine rings is 1. The van der Waals surface area contributed by atoms with Crippen molar-refractivity contribution in [3.8, 4) is 0 Å². The van der Waals surface area contributed by atoms with Crippen LogP contribution in [0.3, 0.4) is 0 Å². The van der Waals surface area contributed by atoms with Gasteiger partial charge in [-0.3, -0.25) is 0 Å². The molecular weight excluding hydrogens is 260 g/mol. The summed E-state index contributed by atoms with van der Waals surface area (Å²) >= 11 is 17.2. The number of hydrogen-bond donors (Lipinski definition) is 0. The van der Waals surface area contributed by atoms with Crippen LogP contribution in [-0.2, 0) is 9.47 Å². The lowest BCUT2D eigenvalue weighted by Crippen LogP contribution is -2.45. The van der Waals surface area contributed by atoms with E-state index in [-0.39, 0.29) is 5.60 Å². The molecule has 1 spiro atoms. The van der Waals surface area contributed by atoms with Crippen LogP contribution in [0.2, 0.25) is 0 Å². The topological polar surface area (TPSA) is 21.7 Å². The fraction of sp³-hybridized carbons (Fsp3) is 1.00. The zero-order valence-corrected chi connectivity index (χ0v) is 10.8. The van der Waals surface area contributed by atoms with E-state index >= 15 is 0 Å². The molecular formula is C9H14Cl3NO2. The molecule has 15 heavy (non-hydrogen) atoms. The van der Waals surface area contributed by atoms with Crippen molar-refractivity contribution in [3.05, 3.63) is 0 Å². The first-order chi connectivity index (χ1) is 6.91. The Kier molecular flexibility index (Phi) is 3.42. The number of nitrogens with zero attached hydrogens (tertiary/aromatic N) is 1. The summed E-state index contributed by atoms with van der Waals surface area (Å²) in [5.74, 6) is 0. The van der Waals surface area contributed by atoms with E-state index in [4.69, 9.17) is 44.3 Å². The molecule has 0 aromatic carbocycles. The molecule has 2 rings (SSSR count). The second-order valence-electron chi connectivity index (χ2n) is 4.29. The molecule has 1 unspecified atom stereocenters. The van der Waals surface area contributed by atoms with E-state index in [1.807, 2.05) is 0 Å². The predicted octanol–water partition coefficient (Wildman–Crippen LogP) is 2.19. The van der Waals surface area contributed by atoms with E-state index < -0.39 is 10.1 Å². The molecule has 2 aliphatic rings. The minimum atomic E-state index is -1.49. The first-order valence-electron chi connectivity index (χ1n) is 4.96. The largest absolute Gasteiger partial charge is 0.346 e. The molecule has 3 nitrogen and oxygen atoms in total. The van der Waals surface area contributed by atoms with Gasteiger partial charge in [-0.2, -0.15) is 0 Å². The van der Waals surface area contributed by atoms with Crippen molar-refractivity contribution in [2.45, 2.75) is 28.5 Å². The lowest BCUT2D eigenvalue weighted by atomic mass is 9.93. The fourth-order valence-corrected chi connectivity index (χ4v) is 2.29. The molecule has 1 atom stereocenters. The molecule has 0 N–H and O–H groups in total. The maximum atomic E-state index is 5.76. The third kappa shape index (κ3) is 2.71. The highest BCUT2D eigenvalue weighted by Crippen LogP contribution is 2.42. The highest BCUT2D eigenvalue weighted by atomic mass is 35.6. The van der Waals surface area contributed by atoms with E-state index in [2.05, 4.69) is 11.9 Å². The summed E-state index contributed by atoms with van der Waals surface area (Å²) in [6.45, 7) is 2.52. The Labute approximate surface area is 105 Å². The van der Waals surface area contributed by atoms with Gasteiger partial charge in [0.05, 0.1) is 12.2 Å². The normalized spacial score (nSPS) is 32.4. The molecule has 0 aromatic rings. The fourth-order valence-electron chi connectivity index (χ4n) is 1.97. The number of likely N-dealkylation sites (tertiary alicyclic amines) is 1. The highest BCUT2D eigenvalue weighted by molar-refractivity contribution is 6.67. The van der Waals surface area contributed by atoms with Gasteiger partial charge in [-0.05, 0) is 19.9 Å². The number of ether oxygens (including phenoxy) is 2. The Morgan fingerprint density at radius 1 is 1.27 bits per heavy atom. The molecule has 0 aromatic heterocycles. The van der Waals surface area contributed by atoms with Gasteiger partial charge >= 0.3 is 0 Å². The third-order valence-electron chi connectivity index (χ3n) is 3.02. The first kappa shape index (κ1) is 12.2. The van der Waals surface area contributed by atoms with Crippen molar-refractivity contribution < 1.29 is 9.47 Å². The van der Waals surface area contributed by atoms with Crippen LogP contribution in [0.4, 0.5) is 0 Å². The molecule has 0 aliphatic carbocycles. The maximum Gasteiger partial charge on any atom is 0.240 e. The smallest absolute Gasteiger partial charge is 0.240 e. The molecule has 2 aliphatic heterocycles. The van der Waals surface area contributed by atoms with Crippen molar-refractivity contribution in [1.82, 2.24) is 4.90 Å². The maximum absolute atomic E-state index is 5.76. The lowest BCUT2D eigenvalue weighted by Gasteiger charge is -2.36. The molecule has 0 bridgehead atoms. The summed E-state index contributed by atoms with van der Waals surface area (Å²) in [6, 6.07) is 0. The van der Waals surface area contributed by atoms with Crippen LogP contribution in [0, 0.1) is 0 Å². The summed E-state index contributed by atoms with van der Waals surface area (Å²) in [5, 5.41) is 0. The molecule has 88 valence electrons. The van der Waals surface area contributed by atoms with Crippen molar-refractivity contribution in [2.24, 2.45) is 0 Å². The van der Waals surface area contributed by atoms with Gasteiger partial charge in [0.2, 0.25) is 10.1 Å². The summed E-state index contributed by atoms with van der Waals surface area (Å²) < 4.78 is 9.67. The van der Waals surface area contributed by atoms with Gasteiger partial charge in [0.1, 0.15) is 0 Å². The van der Waals surface area contributed by atoms with Crippen molar-refractivity contribution in [1.29, 1.82) is 0 Å². The van der Waals surface area contributed by atoms with Crippen molar-refractivity contribution in [3.63, 3.8) is 0 Å². The molecule has 2 heterocycles. The summed E-state index contributed by atoms with van der Waals surface area (Å²) in [5.41, 5.74) is -0.235. The number of rotatable bonds is 0. The zero-order valence-electron chi connectivity index (χ0n) is 8.51. The Hall–Kier alpha value is 0.750. The molecule has 2 fully saturated rings. The van der Waals surface area contributed by atoms with Crippen molar-refractivity contribution >= 4 is 34.8 Å². The Morgan fingerprint density at radius 3 is 2.33 bits per heavy atom. The van der Waals surface area contributed by atoms with Crippen LogP contribution in [0.15, 0.2) is 0 Å². The van der Waals surface area contributed by atoms with Gasteiger partial charge in [-0.15, -0.1) is 0 Å². The minimum Gasteiger partial charge on any atom is -0.346 e. The van der Waals surface area contributed by atoms with Crippen LogP contribution >= 0.6 is 34.8 Å². The number of halogens is 3. The average Bonchev–Trinajstić information content (AvgIpc) is 2.55. The van der Waals surface area contributed by atoms with Gasteiger partial charge in [0.25, 0.3) is 0 Å². The first-order valence-corrected chi connectivity index (χ1v) is 6.09. The van der Waals surface area contributed by atoms with Crippen LogP contribution in [0.5, 0.6) is 0 Å². The van der Waals surface area contributed by atoms with Crippen LogP contribution in [0.25, 0.3) is 0 Å². The van der Waals surface area contributed by atoms with Crippen LogP contribution in [0.1, 0.15) is 12.8 Å². The van der Waals surface area contributed by atoms with Gasteiger partial charge in [0.15, 0.2) is 0 Å². The van der Waals surface area contributed by atoms with Gasteiger partial charge < -0.3 is 14.4 Å². The Bertz CT molecular complexity index is 236. The standard InChI is InChI=1S/C9H14Cl3NO2/c1-13-4-2-8(3-5-13)6-14-7(15-8)9(10,11)12/h7H,2-6H2,1H3. The van der Waals surface area contributed by atoms with E-state index in [0.29, 0.717) is 6.61 Å². The lowest BCUT2D eigenvalue weighted by molar-refractivity contribution is -0.102. The van der Waals surface area contributed by atoms with E-state index in [0.717, 1.165) is 25.9 Å². The van der Waals surface area contributed by atoms with Crippen LogP contribution in [-0.4, -0.2) is 47.3 Å². The molecule has 0 radical (unpaired) electrons. The highest BCUT2D eigenvalue weighted by Gasteiger charge is 2.49. The summed E-state index contributed by atoms with van der Waals surface area (Å²) in [7, 11) is 2.09. The predicted molar refractivity (Wildman–Crippen MR) is 60.6 cm³/mol. The summed E-state index contributed by atoms with van der Waals surface area (Å²) in [6.07, 6.45) is 1.13.